The van der Waals surface area contributed by atoms with Gasteiger partial charge in [0.1, 0.15) is 0 Å². The highest BCUT2D eigenvalue weighted by Crippen LogP contribution is 2.38. The molecule has 0 amide bonds. The second-order valence-corrected chi connectivity index (χ2v) is 6.69. The summed E-state index contributed by atoms with van der Waals surface area (Å²) in [5.41, 5.74) is 1.37. The molecule has 1 aromatic heterocycles. The fourth-order valence-corrected chi connectivity index (χ4v) is 4.29. The molecule has 3 rings (SSSR count). The highest BCUT2D eigenvalue weighted by molar-refractivity contribution is 5.09. The molecule has 1 aromatic rings. The van der Waals surface area contributed by atoms with E-state index in [1.54, 1.807) is 0 Å². The highest BCUT2D eigenvalue weighted by atomic mass is 14.9. The highest BCUT2D eigenvalue weighted by Gasteiger charge is 2.31. The third kappa shape index (κ3) is 3.60. The van der Waals surface area contributed by atoms with Crippen LogP contribution < -0.4 is 5.32 Å². The summed E-state index contributed by atoms with van der Waals surface area (Å²) in [5, 5.41) is 3.86. The first-order chi connectivity index (χ1) is 9.93. The maximum absolute atomic E-state index is 4.10. The Morgan fingerprint density at radius 1 is 0.900 bits per heavy atom. The molecular formula is C18H28N2. The molecule has 0 aromatic carbocycles. The van der Waals surface area contributed by atoms with Crippen molar-refractivity contribution in [3.63, 3.8) is 0 Å². The molecule has 0 spiro atoms. The predicted octanol–water partition coefficient (Wildman–Crippen LogP) is 4.31. The third-order valence-corrected chi connectivity index (χ3v) is 5.39. The first-order valence-corrected chi connectivity index (χ1v) is 8.56. The lowest BCUT2D eigenvalue weighted by Crippen LogP contribution is -2.42. The van der Waals surface area contributed by atoms with Gasteiger partial charge in [0, 0.05) is 25.0 Å². The average molecular weight is 272 g/mol. The van der Waals surface area contributed by atoms with E-state index in [0.717, 1.165) is 24.4 Å². The van der Waals surface area contributed by atoms with Crippen LogP contribution in [0.5, 0.6) is 0 Å². The molecule has 20 heavy (non-hydrogen) atoms. The third-order valence-electron chi connectivity index (χ3n) is 5.39. The fourth-order valence-electron chi connectivity index (χ4n) is 4.29. The number of rotatable bonds is 4. The quantitative estimate of drug-likeness (QED) is 0.883. The largest absolute Gasteiger partial charge is 0.310 e. The molecule has 2 nitrogen and oxygen atoms in total. The van der Waals surface area contributed by atoms with Crippen molar-refractivity contribution in [1.82, 2.24) is 10.3 Å². The normalized spacial score (nSPS) is 28.4. The zero-order valence-electron chi connectivity index (χ0n) is 12.6. The van der Waals surface area contributed by atoms with Gasteiger partial charge in [0.15, 0.2) is 0 Å². The Hall–Kier alpha value is -0.890. The molecule has 2 fully saturated rings. The van der Waals surface area contributed by atoms with Gasteiger partial charge in [-0.3, -0.25) is 4.98 Å². The van der Waals surface area contributed by atoms with Gasteiger partial charge in [0.05, 0.1) is 0 Å². The minimum atomic E-state index is 0.750. The summed E-state index contributed by atoms with van der Waals surface area (Å²) >= 11 is 0. The number of nitrogens with zero attached hydrogens (tertiary/aromatic N) is 1. The summed E-state index contributed by atoms with van der Waals surface area (Å²) in [5.74, 6) is 1.94. The van der Waals surface area contributed by atoms with E-state index in [-0.39, 0.29) is 0 Å². The van der Waals surface area contributed by atoms with Crippen LogP contribution in [-0.2, 0) is 6.54 Å². The van der Waals surface area contributed by atoms with Gasteiger partial charge in [-0.2, -0.15) is 0 Å². The summed E-state index contributed by atoms with van der Waals surface area (Å²) in [6, 6.07) is 5.01. The van der Waals surface area contributed by atoms with Gasteiger partial charge < -0.3 is 5.32 Å². The van der Waals surface area contributed by atoms with Crippen molar-refractivity contribution in [3.8, 4) is 0 Å². The van der Waals surface area contributed by atoms with Crippen molar-refractivity contribution in [1.29, 1.82) is 0 Å². The van der Waals surface area contributed by atoms with E-state index in [2.05, 4.69) is 22.4 Å². The molecule has 2 heteroatoms. The van der Waals surface area contributed by atoms with Crippen LogP contribution in [0.3, 0.4) is 0 Å². The molecule has 2 saturated carbocycles. The van der Waals surface area contributed by atoms with Crippen LogP contribution in [0.4, 0.5) is 0 Å². The van der Waals surface area contributed by atoms with E-state index in [0.29, 0.717) is 0 Å². The molecular weight excluding hydrogens is 244 g/mol. The van der Waals surface area contributed by atoms with Crippen LogP contribution in [0.25, 0.3) is 0 Å². The molecule has 110 valence electrons. The topological polar surface area (TPSA) is 24.9 Å². The van der Waals surface area contributed by atoms with Gasteiger partial charge in [-0.15, -0.1) is 0 Å². The number of hydrogen-bond donors (Lipinski definition) is 1. The zero-order chi connectivity index (χ0) is 13.6. The number of hydrogen-bond acceptors (Lipinski definition) is 2. The average Bonchev–Trinajstić information content (AvgIpc) is 2.55. The number of aromatic nitrogens is 1. The summed E-state index contributed by atoms with van der Waals surface area (Å²) in [7, 11) is 0. The van der Waals surface area contributed by atoms with Gasteiger partial charge >= 0.3 is 0 Å². The second-order valence-electron chi connectivity index (χ2n) is 6.69. The summed E-state index contributed by atoms with van der Waals surface area (Å²) < 4.78 is 0. The van der Waals surface area contributed by atoms with E-state index in [9.17, 15) is 0 Å². The van der Waals surface area contributed by atoms with Crippen molar-refractivity contribution in [2.75, 3.05) is 0 Å². The SMILES string of the molecule is c1cc(CNC2CCCCC2C2CCCCC2)ccn1. The Kier molecular flexibility index (Phi) is 5.07. The van der Waals surface area contributed by atoms with Gasteiger partial charge in [-0.05, 0) is 42.4 Å². The second kappa shape index (κ2) is 7.21. The summed E-state index contributed by atoms with van der Waals surface area (Å²) in [4.78, 5) is 4.10. The smallest absolute Gasteiger partial charge is 0.0271 e. The van der Waals surface area contributed by atoms with Crippen molar-refractivity contribution in [2.24, 2.45) is 11.8 Å². The minimum absolute atomic E-state index is 0.750. The Balaban J connectivity index is 1.57. The van der Waals surface area contributed by atoms with Gasteiger partial charge in [-0.25, -0.2) is 0 Å². The van der Waals surface area contributed by atoms with Crippen LogP contribution in [0, 0.1) is 11.8 Å². The maximum Gasteiger partial charge on any atom is 0.0271 e. The molecule has 0 bridgehead atoms. The van der Waals surface area contributed by atoms with Crippen LogP contribution in [0.2, 0.25) is 0 Å². The molecule has 2 unspecified atom stereocenters. The minimum Gasteiger partial charge on any atom is -0.310 e. The Morgan fingerprint density at radius 3 is 2.40 bits per heavy atom. The lowest BCUT2D eigenvalue weighted by molar-refractivity contribution is 0.149. The van der Waals surface area contributed by atoms with Crippen molar-refractivity contribution < 1.29 is 0 Å². The van der Waals surface area contributed by atoms with Gasteiger partial charge in [0.25, 0.3) is 0 Å². The van der Waals surface area contributed by atoms with E-state index in [4.69, 9.17) is 0 Å². The lowest BCUT2D eigenvalue weighted by atomic mass is 9.71. The summed E-state index contributed by atoms with van der Waals surface area (Å²) in [6.45, 7) is 1.01. The van der Waals surface area contributed by atoms with E-state index < -0.39 is 0 Å². The Labute approximate surface area is 123 Å². The molecule has 2 aliphatic rings. The molecule has 0 aliphatic heterocycles. The summed E-state index contributed by atoms with van der Waals surface area (Å²) in [6.07, 6.45) is 16.9. The molecule has 0 radical (unpaired) electrons. The van der Waals surface area contributed by atoms with Crippen molar-refractivity contribution in [3.05, 3.63) is 30.1 Å². The van der Waals surface area contributed by atoms with Crippen LogP contribution in [0.15, 0.2) is 24.5 Å². The van der Waals surface area contributed by atoms with Crippen molar-refractivity contribution in [2.45, 2.75) is 70.4 Å². The van der Waals surface area contributed by atoms with E-state index >= 15 is 0 Å². The van der Waals surface area contributed by atoms with E-state index in [1.165, 1.54) is 63.4 Å². The molecule has 2 aliphatic carbocycles. The monoisotopic (exact) mass is 272 g/mol. The van der Waals surface area contributed by atoms with E-state index in [1.807, 2.05) is 12.4 Å². The van der Waals surface area contributed by atoms with Crippen LogP contribution >= 0.6 is 0 Å². The molecule has 0 saturated heterocycles. The van der Waals surface area contributed by atoms with Crippen molar-refractivity contribution >= 4 is 0 Å². The Morgan fingerprint density at radius 2 is 1.60 bits per heavy atom. The Bertz CT molecular complexity index is 384. The standard InChI is InChI=1S/C18H28N2/c1-2-6-16(7-3-1)17-8-4-5-9-18(17)20-14-15-10-12-19-13-11-15/h10-13,16-18,20H,1-9,14H2. The van der Waals surface area contributed by atoms with Gasteiger partial charge in [-0.1, -0.05) is 44.9 Å². The van der Waals surface area contributed by atoms with Crippen LogP contribution in [0.1, 0.15) is 63.4 Å². The first-order valence-electron chi connectivity index (χ1n) is 8.56. The fraction of sp³-hybridized carbons (Fsp3) is 0.722. The molecule has 2 atom stereocenters. The predicted molar refractivity (Wildman–Crippen MR) is 83.4 cm³/mol. The number of pyridine rings is 1. The van der Waals surface area contributed by atoms with Gasteiger partial charge in [0.2, 0.25) is 0 Å². The first kappa shape index (κ1) is 14.1. The molecule has 1 heterocycles. The van der Waals surface area contributed by atoms with Crippen LogP contribution in [-0.4, -0.2) is 11.0 Å². The lowest BCUT2D eigenvalue weighted by Gasteiger charge is -2.39. The maximum atomic E-state index is 4.10. The zero-order valence-corrected chi connectivity index (χ0v) is 12.6. The molecule has 1 N–H and O–H groups in total. The number of nitrogens with one attached hydrogen (secondary N) is 1.